The van der Waals surface area contributed by atoms with Crippen LogP contribution in [0.4, 0.5) is 0 Å². The molecule has 1 saturated heterocycles. The van der Waals surface area contributed by atoms with Gasteiger partial charge in [0.15, 0.2) is 0 Å². The van der Waals surface area contributed by atoms with Gasteiger partial charge in [0, 0.05) is 11.0 Å². The lowest BCUT2D eigenvalue weighted by Crippen LogP contribution is -2.39. The van der Waals surface area contributed by atoms with Crippen LogP contribution in [0, 0.1) is 0 Å². The molecule has 1 aliphatic heterocycles. The summed E-state index contributed by atoms with van der Waals surface area (Å²) in [5.41, 5.74) is 0.497. The third kappa shape index (κ3) is 2.64. The average molecular weight is 321 g/mol. The van der Waals surface area contributed by atoms with E-state index < -0.39 is 5.41 Å². The summed E-state index contributed by atoms with van der Waals surface area (Å²) in [6.07, 6.45) is 0.788. The third-order valence-electron chi connectivity index (χ3n) is 3.11. The van der Waals surface area contributed by atoms with Gasteiger partial charge in [-0.25, -0.2) is 0 Å². The van der Waals surface area contributed by atoms with Gasteiger partial charge in [-0.05, 0) is 30.7 Å². The molecule has 0 aromatic heterocycles. The number of benzene rings is 1. The van der Waals surface area contributed by atoms with E-state index in [0.717, 1.165) is 23.0 Å². The fourth-order valence-corrected chi connectivity index (χ4v) is 2.61. The zero-order valence-corrected chi connectivity index (χ0v) is 11.9. The molecule has 0 radical (unpaired) electrons. The van der Waals surface area contributed by atoms with Crippen molar-refractivity contribution >= 4 is 34.3 Å². The number of hydrogen-bond acceptors (Lipinski definition) is 3. The number of carbonyl (C=O) groups excluding carboxylic acids is 1. The number of hydrogen-bond donors (Lipinski definition) is 1. The molecule has 1 unspecified atom stereocenters. The van der Waals surface area contributed by atoms with E-state index in [2.05, 4.69) is 21.2 Å². The fraction of sp³-hybridized carbons (Fsp3) is 0.417. The Morgan fingerprint density at radius 1 is 1.53 bits per heavy atom. The second-order valence-electron chi connectivity index (χ2n) is 4.01. The molecule has 94 valence electrons. The average Bonchev–Trinajstić information content (AvgIpc) is 2.78. The lowest BCUT2D eigenvalue weighted by Gasteiger charge is -2.25. The standard InChI is InChI=1S/C12H14BrNO2.ClH/c1-16-11(15)12(5-6-14-8-12)9-3-2-4-10(13)7-9;/h2-4,7,14H,5-6,8H2,1H3;1H. The van der Waals surface area contributed by atoms with Crippen LogP contribution in [0.25, 0.3) is 0 Å². The van der Waals surface area contributed by atoms with Crippen molar-refractivity contribution in [1.29, 1.82) is 0 Å². The Kier molecular flexibility index (Phi) is 4.98. The monoisotopic (exact) mass is 319 g/mol. The number of carbonyl (C=O) groups is 1. The van der Waals surface area contributed by atoms with Crippen LogP contribution in [0.1, 0.15) is 12.0 Å². The minimum Gasteiger partial charge on any atom is -0.468 e. The number of nitrogens with one attached hydrogen (secondary N) is 1. The van der Waals surface area contributed by atoms with Crippen LogP contribution >= 0.6 is 28.3 Å². The van der Waals surface area contributed by atoms with Gasteiger partial charge in [-0.2, -0.15) is 0 Å². The Balaban J connectivity index is 0.00000144. The SMILES string of the molecule is COC(=O)C1(c2cccc(Br)c2)CCNC1.Cl. The van der Waals surface area contributed by atoms with E-state index in [4.69, 9.17) is 4.74 Å². The van der Waals surface area contributed by atoms with E-state index in [1.54, 1.807) is 0 Å². The van der Waals surface area contributed by atoms with Crippen molar-refractivity contribution in [2.24, 2.45) is 0 Å². The zero-order valence-electron chi connectivity index (χ0n) is 9.53. The molecule has 0 spiro atoms. The largest absolute Gasteiger partial charge is 0.468 e. The minimum absolute atomic E-state index is 0. The van der Waals surface area contributed by atoms with Crippen molar-refractivity contribution in [3.05, 3.63) is 34.3 Å². The molecule has 2 rings (SSSR count). The Hall–Kier alpha value is -0.580. The number of halogens is 2. The fourth-order valence-electron chi connectivity index (χ4n) is 2.21. The number of esters is 1. The molecule has 0 amide bonds. The van der Waals surface area contributed by atoms with Crippen LogP contribution in [0.15, 0.2) is 28.7 Å². The van der Waals surface area contributed by atoms with Gasteiger partial charge in [-0.15, -0.1) is 12.4 Å². The molecular formula is C12H15BrClNO2. The van der Waals surface area contributed by atoms with Gasteiger partial charge in [-0.1, -0.05) is 28.1 Å². The predicted octanol–water partition coefficient (Wildman–Crippen LogP) is 2.27. The molecule has 0 bridgehead atoms. The Morgan fingerprint density at radius 3 is 2.82 bits per heavy atom. The Morgan fingerprint density at radius 2 is 2.29 bits per heavy atom. The predicted molar refractivity (Wildman–Crippen MR) is 72.6 cm³/mol. The highest BCUT2D eigenvalue weighted by Crippen LogP contribution is 2.33. The van der Waals surface area contributed by atoms with E-state index in [0.29, 0.717) is 6.54 Å². The van der Waals surface area contributed by atoms with E-state index in [9.17, 15) is 4.79 Å². The van der Waals surface area contributed by atoms with Gasteiger partial charge in [-0.3, -0.25) is 4.79 Å². The van der Waals surface area contributed by atoms with Crippen LogP contribution in [0.2, 0.25) is 0 Å². The number of rotatable bonds is 2. The molecule has 1 N–H and O–H groups in total. The maximum absolute atomic E-state index is 12.0. The van der Waals surface area contributed by atoms with Crippen molar-refractivity contribution in [1.82, 2.24) is 5.32 Å². The summed E-state index contributed by atoms with van der Waals surface area (Å²) in [5.74, 6) is -0.157. The highest BCUT2D eigenvalue weighted by Gasteiger charge is 2.43. The van der Waals surface area contributed by atoms with Gasteiger partial charge >= 0.3 is 5.97 Å². The lowest BCUT2D eigenvalue weighted by molar-refractivity contribution is -0.146. The highest BCUT2D eigenvalue weighted by molar-refractivity contribution is 9.10. The molecule has 1 atom stereocenters. The summed E-state index contributed by atoms with van der Waals surface area (Å²) >= 11 is 3.43. The summed E-state index contributed by atoms with van der Waals surface area (Å²) in [6, 6.07) is 7.87. The van der Waals surface area contributed by atoms with Crippen molar-refractivity contribution in [2.45, 2.75) is 11.8 Å². The first-order chi connectivity index (χ1) is 7.69. The van der Waals surface area contributed by atoms with E-state index in [1.807, 2.05) is 24.3 Å². The maximum atomic E-state index is 12.0. The van der Waals surface area contributed by atoms with Gasteiger partial charge < -0.3 is 10.1 Å². The van der Waals surface area contributed by atoms with E-state index >= 15 is 0 Å². The van der Waals surface area contributed by atoms with Crippen LogP contribution in [-0.4, -0.2) is 26.2 Å². The number of ether oxygens (including phenoxy) is 1. The van der Waals surface area contributed by atoms with E-state index in [1.165, 1.54) is 7.11 Å². The van der Waals surface area contributed by atoms with Crippen molar-refractivity contribution in [2.75, 3.05) is 20.2 Å². The molecule has 1 aliphatic rings. The van der Waals surface area contributed by atoms with Crippen molar-refractivity contribution in [3.8, 4) is 0 Å². The second-order valence-corrected chi connectivity index (χ2v) is 4.93. The third-order valence-corrected chi connectivity index (χ3v) is 3.60. The van der Waals surface area contributed by atoms with Crippen LogP contribution in [-0.2, 0) is 14.9 Å². The smallest absolute Gasteiger partial charge is 0.317 e. The van der Waals surface area contributed by atoms with Crippen LogP contribution in [0.5, 0.6) is 0 Å². The topological polar surface area (TPSA) is 38.3 Å². The first-order valence-electron chi connectivity index (χ1n) is 5.24. The van der Waals surface area contributed by atoms with Gasteiger partial charge in [0.05, 0.1) is 7.11 Å². The summed E-state index contributed by atoms with van der Waals surface area (Å²) in [6.45, 7) is 1.50. The van der Waals surface area contributed by atoms with Gasteiger partial charge in [0.1, 0.15) is 5.41 Å². The number of methoxy groups -OCH3 is 1. The second kappa shape index (κ2) is 5.85. The molecule has 5 heteroatoms. The lowest BCUT2D eigenvalue weighted by atomic mass is 9.80. The first kappa shape index (κ1) is 14.5. The zero-order chi connectivity index (χ0) is 11.6. The minimum atomic E-state index is -0.515. The molecule has 1 aromatic rings. The molecule has 3 nitrogen and oxygen atoms in total. The van der Waals surface area contributed by atoms with Crippen LogP contribution in [0.3, 0.4) is 0 Å². The quantitative estimate of drug-likeness (QED) is 0.850. The first-order valence-corrected chi connectivity index (χ1v) is 6.03. The van der Waals surface area contributed by atoms with Gasteiger partial charge in [0.2, 0.25) is 0 Å². The molecule has 0 saturated carbocycles. The summed E-state index contributed by atoms with van der Waals surface area (Å²) in [5, 5.41) is 3.23. The van der Waals surface area contributed by atoms with E-state index in [-0.39, 0.29) is 18.4 Å². The van der Waals surface area contributed by atoms with Crippen molar-refractivity contribution in [3.63, 3.8) is 0 Å². The molecule has 1 heterocycles. The normalized spacial score (nSPS) is 22.9. The van der Waals surface area contributed by atoms with Crippen molar-refractivity contribution < 1.29 is 9.53 Å². The summed E-state index contributed by atoms with van der Waals surface area (Å²) in [7, 11) is 1.44. The summed E-state index contributed by atoms with van der Waals surface area (Å²) < 4.78 is 5.92. The maximum Gasteiger partial charge on any atom is 0.317 e. The Labute approximate surface area is 115 Å². The molecule has 0 aliphatic carbocycles. The molecule has 1 aromatic carbocycles. The van der Waals surface area contributed by atoms with Crippen LogP contribution < -0.4 is 5.32 Å². The Bertz CT molecular complexity index is 405. The summed E-state index contributed by atoms with van der Waals surface area (Å²) in [4.78, 5) is 12.0. The van der Waals surface area contributed by atoms with Gasteiger partial charge in [0.25, 0.3) is 0 Å². The molecule has 1 fully saturated rings. The molecular weight excluding hydrogens is 305 g/mol. The highest BCUT2D eigenvalue weighted by atomic mass is 79.9. The molecule has 17 heavy (non-hydrogen) atoms.